The number of benzene rings is 2. The average molecular weight is 382 g/mol. The van der Waals surface area contributed by atoms with Gasteiger partial charge in [0.05, 0.1) is 18.2 Å². The number of para-hydroxylation sites is 1. The van der Waals surface area contributed by atoms with E-state index in [0.717, 1.165) is 5.56 Å². The molecule has 2 aromatic rings. The number of aromatic hydroxyl groups is 1. The lowest BCUT2D eigenvalue weighted by Crippen LogP contribution is -2.45. The molecule has 0 aromatic heterocycles. The summed E-state index contributed by atoms with van der Waals surface area (Å²) < 4.78 is 10.9. The van der Waals surface area contributed by atoms with Crippen molar-refractivity contribution in [2.45, 2.75) is 26.5 Å². The summed E-state index contributed by atoms with van der Waals surface area (Å²) >= 11 is 0. The second-order valence-corrected chi connectivity index (χ2v) is 6.26. The fraction of sp³-hybridized carbons (Fsp3) is 0.238. The Bertz CT molecular complexity index is 908. The van der Waals surface area contributed by atoms with E-state index in [9.17, 15) is 14.7 Å². The molecule has 0 bridgehead atoms. The van der Waals surface area contributed by atoms with Crippen molar-refractivity contribution >= 4 is 12.0 Å². The van der Waals surface area contributed by atoms with Gasteiger partial charge in [0.1, 0.15) is 6.61 Å². The highest BCUT2D eigenvalue weighted by molar-refractivity contribution is 5.95. The quantitative estimate of drug-likeness (QED) is 0.667. The number of carbonyl (C=O) groups excluding carboxylic acids is 2. The summed E-state index contributed by atoms with van der Waals surface area (Å²) in [6, 6.07) is 12.9. The molecule has 1 heterocycles. The second kappa shape index (κ2) is 8.47. The maximum Gasteiger partial charge on any atom is 0.338 e. The molecule has 1 atom stereocenters. The van der Waals surface area contributed by atoms with Gasteiger partial charge in [-0.25, -0.2) is 9.59 Å². The van der Waals surface area contributed by atoms with Crippen molar-refractivity contribution in [3.63, 3.8) is 0 Å². The van der Waals surface area contributed by atoms with Crippen molar-refractivity contribution in [2.75, 3.05) is 6.61 Å². The Morgan fingerprint density at radius 2 is 1.89 bits per heavy atom. The molecule has 2 amide bonds. The van der Waals surface area contributed by atoms with E-state index in [1.54, 1.807) is 32.0 Å². The second-order valence-electron chi connectivity index (χ2n) is 6.26. The van der Waals surface area contributed by atoms with Crippen LogP contribution in [0.3, 0.4) is 0 Å². The number of ether oxygens (including phenoxy) is 2. The Labute approximate surface area is 163 Å². The van der Waals surface area contributed by atoms with Gasteiger partial charge in [0.15, 0.2) is 11.5 Å². The molecule has 1 aliphatic heterocycles. The lowest BCUT2D eigenvalue weighted by Gasteiger charge is -2.28. The molecule has 3 rings (SSSR count). The highest BCUT2D eigenvalue weighted by Crippen LogP contribution is 2.38. The highest BCUT2D eigenvalue weighted by atomic mass is 16.5. The summed E-state index contributed by atoms with van der Waals surface area (Å²) in [6.45, 7) is 3.89. The lowest BCUT2D eigenvalue weighted by atomic mass is 9.94. The summed E-state index contributed by atoms with van der Waals surface area (Å²) in [5, 5.41) is 15.8. The number of amides is 2. The minimum Gasteiger partial charge on any atom is -0.504 e. The van der Waals surface area contributed by atoms with Crippen molar-refractivity contribution in [3.05, 3.63) is 70.9 Å². The van der Waals surface area contributed by atoms with E-state index in [1.165, 1.54) is 0 Å². The van der Waals surface area contributed by atoms with Crippen LogP contribution >= 0.6 is 0 Å². The van der Waals surface area contributed by atoms with Gasteiger partial charge in [-0.1, -0.05) is 42.5 Å². The monoisotopic (exact) mass is 382 g/mol. The number of phenolic OH excluding ortho intramolecular Hbond substituents is 1. The molecule has 3 N–H and O–H groups in total. The number of carbonyl (C=O) groups is 2. The Morgan fingerprint density at radius 3 is 2.61 bits per heavy atom. The number of allylic oxidation sites excluding steroid dienone is 1. The number of hydrogen-bond acceptors (Lipinski definition) is 5. The van der Waals surface area contributed by atoms with Gasteiger partial charge in [0.2, 0.25) is 0 Å². The minimum atomic E-state index is -0.863. The van der Waals surface area contributed by atoms with Crippen molar-refractivity contribution in [2.24, 2.45) is 0 Å². The van der Waals surface area contributed by atoms with Gasteiger partial charge < -0.3 is 25.2 Å². The van der Waals surface area contributed by atoms with Gasteiger partial charge in [0.25, 0.3) is 0 Å². The Hall–Kier alpha value is -3.48. The zero-order valence-electron chi connectivity index (χ0n) is 15.7. The first-order valence-corrected chi connectivity index (χ1v) is 8.95. The molecule has 146 valence electrons. The fourth-order valence-corrected chi connectivity index (χ4v) is 3.04. The van der Waals surface area contributed by atoms with Crippen LogP contribution in [0.2, 0.25) is 0 Å². The number of nitrogens with one attached hydrogen (secondary N) is 2. The van der Waals surface area contributed by atoms with Crippen LogP contribution in [0.25, 0.3) is 0 Å². The average Bonchev–Trinajstić information content (AvgIpc) is 2.68. The van der Waals surface area contributed by atoms with Crippen molar-refractivity contribution in [1.29, 1.82) is 0 Å². The van der Waals surface area contributed by atoms with E-state index in [1.807, 2.05) is 30.3 Å². The number of phenols is 1. The van der Waals surface area contributed by atoms with Gasteiger partial charge in [0, 0.05) is 11.3 Å². The first-order chi connectivity index (χ1) is 13.5. The van der Waals surface area contributed by atoms with E-state index in [0.29, 0.717) is 17.9 Å². The van der Waals surface area contributed by atoms with Crippen LogP contribution in [0.1, 0.15) is 31.0 Å². The normalized spacial score (nSPS) is 16.2. The number of rotatable bonds is 6. The number of urea groups is 1. The third-order valence-electron chi connectivity index (χ3n) is 4.34. The highest BCUT2D eigenvalue weighted by Gasteiger charge is 2.34. The van der Waals surface area contributed by atoms with Gasteiger partial charge in [-0.05, 0) is 25.5 Å². The van der Waals surface area contributed by atoms with Crippen LogP contribution in [0, 0.1) is 0 Å². The largest absolute Gasteiger partial charge is 0.504 e. The molecular weight excluding hydrogens is 360 g/mol. The molecule has 0 fully saturated rings. The Balaban J connectivity index is 1.91. The number of hydrogen-bond donors (Lipinski definition) is 3. The van der Waals surface area contributed by atoms with Gasteiger partial charge in [-0.3, -0.25) is 0 Å². The van der Waals surface area contributed by atoms with Crippen LogP contribution in [0.4, 0.5) is 4.79 Å². The van der Waals surface area contributed by atoms with Crippen LogP contribution in [-0.4, -0.2) is 23.7 Å². The lowest BCUT2D eigenvalue weighted by molar-refractivity contribution is -0.140. The maximum absolute atomic E-state index is 12.8. The Morgan fingerprint density at radius 1 is 1.14 bits per heavy atom. The van der Waals surface area contributed by atoms with Crippen molar-refractivity contribution < 1.29 is 24.2 Å². The summed E-state index contributed by atoms with van der Waals surface area (Å²) in [7, 11) is 0. The molecule has 0 saturated carbocycles. The van der Waals surface area contributed by atoms with Gasteiger partial charge in [-0.15, -0.1) is 0 Å². The fourth-order valence-electron chi connectivity index (χ4n) is 3.04. The standard InChI is InChI=1S/C21H22N2O5/c1-3-27-16-11-7-10-15(19(16)24)18-17(13(2)22-21(26)23-18)20(25)28-12-14-8-5-4-6-9-14/h4-11,18,24H,3,12H2,1-2H3,(H2,22,23,26). The predicted octanol–water partition coefficient (Wildman–Crippen LogP) is 3.16. The van der Waals surface area contributed by atoms with Crippen LogP contribution in [-0.2, 0) is 16.1 Å². The number of esters is 1. The summed E-state index contributed by atoms with van der Waals surface area (Å²) in [5.41, 5.74) is 1.79. The molecule has 1 unspecified atom stereocenters. The SMILES string of the molecule is CCOc1cccc(C2NC(=O)NC(C)=C2C(=O)OCc2ccccc2)c1O. The molecule has 0 aliphatic carbocycles. The zero-order valence-corrected chi connectivity index (χ0v) is 15.7. The van der Waals surface area contributed by atoms with E-state index < -0.39 is 18.0 Å². The smallest absolute Gasteiger partial charge is 0.338 e. The van der Waals surface area contributed by atoms with E-state index in [4.69, 9.17) is 9.47 Å². The first kappa shape index (κ1) is 19.3. The molecule has 1 aliphatic rings. The third-order valence-corrected chi connectivity index (χ3v) is 4.34. The third kappa shape index (κ3) is 4.09. The van der Waals surface area contributed by atoms with E-state index in [2.05, 4.69) is 10.6 Å². The zero-order chi connectivity index (χ0) is 20.1. The molecule has 0 saturated heterocycles. The predicted molar refractivity (Wildman–Crippen MR) is 103 cm³/mol. The molecular formula is C21H22N2O5. The summed E-state index contributed by atoms with van der Waals surface area (Å²) in [4.78, 5) is 24.8. The van der Waals surface area contributed by atoms with Gasteiger partial charge >= 0.3 is 12.0 Å². The van der Waals surface area contributed by atoms with Crippen LogP contribution in [0.5, 0.6) is 11.5 Å². The maximum atomic E-state index is 12.8. The molecule has 2 aromatic carbocycles. The molecule has 7 nitrogen and oxygen atoms in total. The minimum absolute atomic E-state index is 0.0993. The van der Waals surface area contributed by atoms with Gasteiger partial charge in [-0.2, -0.15) is 0 Å². The van der Waals surface area contributed by atoms with E-state index in [-0.39, 0.29) is 23.7 Å². The molecule has 0 spiro atoms. The molecule has 28 heavy (non-hydrogen) atoms. The van der Waals surface area contributed by atoms with E-state index >= 15 is 0 Å². The topological polar surface area (TPSA) is 96.9 Å². The molecule has 7 heteroatoms. The summed E-state index contributed by atoms with van der Waals surface area (Å²) in [6.07, 6.45) is 0. The first-order valence-electron chi connectivity index (χ1n) is 8.95. The van der Waals surface area contributed by atoms with Crippen LogP contribution < -0.4 is 15.4 Å². The van der Waals surface area contributed by atoms with Crippen molar-refractivity contribution in [3.8, 4) is 11.5 Å². The Kier molecular flexibility index (Phi) is 5.84. The van der Waals surface area contributed by atoms with Crippen LogP contribution in [0.15, 0.2) is 59.8 Å². The summed E-state index contributed by atoms with van der Waals surface area (Å²) in [5.74, 6) is -0.430. The molecule has 0 radical (unpaired) electrons. The van der Waals surface area contributed by atoms with Crippen molar-refractivity contribution in [1.82, 2.24) is 10.6 Å².